The molecule has 0 N–H and O–H groups in total. The molecule has 0 radical (unpaired) electrons. The third kappa shape index (κ3) is 3.57. The van der Waals surface area contributed by atoms with E-state index in [9.17, 15) is 14.0 Å². The molecule has 1 aliphatic heterocycles. The second kappa shape index (κ2) is 7.89. The van der Waals surface area contributed by atoms with Crippen molar-refractivity contribution in [1.29, 1.82) is 0 Å². The lowest BCUT2D eigenvalue weighted by atomic mass is 9.99. The highest BCUT2D eigenvalue weighted by Crippen LogP contribution is 2.50. The molecule has 164 valence electrons. The van der Waals surface area contributed by atoms with Crippen LogP contribution in [0.3, 0.4) is 0 Å². The monoisotopic (exact) mass is 433 g/mol. The molecule has 1 aliphatic carbocycles. The minimum atomic E-state index is -0.654. The molecule has 32 heavy (non-hydrogen) atoms. The van der Waals surface area contributed by atoms with E-state index in [1.807, 2.05) is 29.2 Å². The third-order valence-electron chi connectivity index (χ3n) is 6.51. The van der Waals surface area contributed by atoms with Crippen molar-refractivity contribution in [3.8, 4) is 11.3 Å². The average molecular weight is 433 g/mol. The van der Waals surface area contributed by atoms with Gasteiger partial charge in [0.15, 0.2) is 11.5 Å². The fraction of sp³-hybridized carbons (Fsp3) is 0.320. The van der Waals surface area contributed by atoms with Gasteiger partial charge in [-0.25, -0.2) is 4.39 Å². The molecular weight excluding hydrogens is 409 g/mol. The molecule has 0 unspecified atom stereocenters. The van der Waals surface area contributed by atoms with Crippen LogP contribution in [0, 0.1) is 5.82 Å². The van der Waals surface area contributed by atoms with Gasteiger partial charge in [-0.05, 0) is 56.2 Å². The first-order chi connectivity index (χ1) is 15.5. The molecule has 0 atom stereocenters. The van der Waals surface area contributed by atoms with Crippen LogP contribution in [-0.2, 0) is 10.2 Å². The Bertz CT molecular complexity index is 1160. The highest BCUT2D eigenvalue weighted by Gasteiger charge is 2.55. The molecule has 2 fully saturated rings. The Hall–Kier alpha value is -3.48. The molecule has 1 aromatic heterocycles. The quantitative estimate of drug-likeness (QED) is 0.568. The van der Waals surface area contributed by atoms with E-state index in [1.165, 1.54) is 6.07 Å². The second-order valence-electron chi connectivity index (χ2n) is 8.52. The van der Waals surface area contributed by atoms with E-state index in [1.54, 1.807) is 31.2 Å². The Morgan fingerprint density at radius 1 is 1.00 bits per heavy atom. The number of benzene rings is 2. The Morgan fingerprint density at radius 3 is 2.31 bits per heavy atom. The fourth-order valence-electron chi connectivity index (χ4n) is 4.37. The topological polar surface area (TPSA) is 66.7 Å². The van der Waals surface area contributed by atoms with Crippen LogP contribution in [0.5, 0.6) is 0 Å². The normalized spacial score (nSPS) is 17.3. The molecule has 7 heteroatoms. The van der Waals surface area contributed by atoms with Crippen LogP contribution in [-0.4, -0.2) is 47.9 Å². The Morgan fingerprint density at radius 2 is 1.69 bits per heavy atom. The van der Waals surface area contributed by atoms with E-state index in [0.717, 1.165) is 31.6 Å². The molecule has 1 saturated heterocycles. The van der Waals surface area contributed by atoms with Crippen LogP contribution in [0.1, 0.15) is 35.8 Å². The van der Waals surface area contributed by atoms with Crippen LogP contribution in [0.15, 0.2) is 59.1 Å². The predicted molar refractivity (Wildman–Crippen MR) is 118 cm³/mol. The maximum atomic E-state index is 14.1. The zero-order valence-electron chi connectivity index (χ0n) is 17.9. The van der Waals surface area contributed by atoms with Gasteiger partial charge in [-0.15, -0.1) is 0 Å². The van der Waals surface area contributed by atoms with E-state index >= 15 is 0 Å². The number of carbonyl (C=O) groups is 2. The van der Waals surface area contributed by atoms with E-state index in [-0.39, 0.29) is 17.5 Å². The van der Waals surface area contributed by atoms with Crippen molar-refractivity contribution in [2.24, 2.45) is 0 Å². The van der Waals surface area contributed by atoms with Crippen molar-refractivity contribution >= 4 is 17.4 Å². The van der Waals surface area contributed by atoms with Gasteiger partial charge >= 0.3 is 0 Å². The van der Waals surface area contributed by atoms with Crippen molar-refractivity contribution in [3.05, 3.63) is 71.7 Å². The highest BCUT2D eigenvalue weighted by molar-refractivity contribution is 5.94. The molecule has 1 amide bonds. The van der Waals surface area contributed by atoms with Crippen molar-refractivity contribution in [1.82, 2.24) is 10.1 Å². The van der Waals surface area contributed by atoms with Crippen molar-refractivity contribution < 1.29 is 18.5 Å². The maximum Gasteiger partial charge on any atom is 0.235 e. The summed E-state index contributed by atoms with van der Waals surface area (Å²) in [7, 11) is 0. The standard InChI is InChI=1S/C25H24FN3O3/c1-17(30)18-6-8-19(9-7-18)28-12-14-29(15-13-28)24(31)25(10-11-25)23-16-22(32-27-23)20-4-2-3-5-21(20)26/h2-9,16H,10-15H2,1H3. The van der Waals surface area contributed by atoms with Gasteiger partial charge in [0.05, 0.1) is 16.7 Å². The molecule has 0 spiro atoms. The number of anilines is 1. The van der Waals surface area contributed by atoms with Gasteiger partial charge in [0.2, 0.25) is 5.91 Å². The summed E-state index contributed by atoms with van der Waals surface area (Å²) >= 11 is 0. The number of Topliss-reactive ketones (excluding diaryl/α,β-unsaturated/α-hetero) is 1. The maximum absolute atomic E-state index is 14.1. The number of piperazine rings is 1. The first-order valence-corrected chi connectivity index (χ1v) is 10.9. The van der Waals surface area contributed by atoms with Gasteiger partial charge in [-0.2, -0.15) is 0 Å². The van der Waals surface area contributed by atoms with Gasteiger partial charge in [-0.1, -0.05) is 17.3 Å². The van der Waals surface area contributed by atoms with E-state index < -0.39 is 5.41 Å². The van der Waals surface area contributed by atoms with E-state index in [2.05, 4.69) is 10.1 Å². The number of ketones is 1. The molecular formula is C25H24FN3O3. The molecule has 3 aromatic rings. The number of hydrogen-bond donors (Lipinski definition) is 0. The van der Waals surface area contributed by atoms with Crippen LogP contribution in [0.4, 0.5) is 10.1 Å². The summed E-state index contributed by atoms with van der Waals surface area (Å²) in [5.74, 6) is 0.0833. The molecule has 1 saturated carbocycles. The van der Waals surface area contributed by atoms with Crippen LogP contribution >= 0.6 is 0 Å². The first-order valence-electron chi connectivity index (χ1n) is 10.9. The van der Waals surface area contributed by atoms with Crippen molar-refractivity contribution in [2.45, 2.75) is 25.2 Å². The van der Waals surface area contributed by atoms with E-state index in [0.29, 0.717) is 35.7 Å². The Kier molecular flexibility index (Phi) is 5.04. The lowest BCUT2D eigenvalue weighted by molar-refractivity contribution is -0.134. The number of carbonyl (C=O) groups excluding carboxylic acids is 2. The summed E-state index contributed by atoms with van der Waals surface area (Å²) < 4.78 is 19.5. The van der Waals surface area contributed by atoms with Gasteiger partial charge in [0, 0.05) is 43.5 Å². The zero-order chi connectivity index (χ0) is 22.3. The number of amides is 1. The Balaban J connectivity index is 1.26. The molecule has 2 heterocycles. The second-order valence-corrected chi connectivity index (χ2v) is 8.52. The minimum absolute atomic E-state index is 0.0488. The van der Waals surface area contributed by atoms with Gasteiger partial charge in [0.1, 0.15) is 5.82 Å². The van der Waals surface area contributed by atoms with Gasteiger partial charge in [-0.3, -0.25) is 9.59 Å². The van der Waals surface area contributed by atoms with Crippen LogP contribution in [0.2, 0.25) is 0 Å². The van der Waals surface area contributed by atoms with Crippen molar-refractivity contribution in [3.63, 3.8) is 0 Å². The predicted octanol–water partition coefficient (Wildman–Crippen LogP) is 4.06. The smallest absolute Gasteiger partial charge is 0.235 e. The lowest BCUT2D eigenvalue weighted by Crippen LogP contribution is -2.51. The number of aromatic nitrogens is 1. The summed E-state index contributed by atoms with van der Waals surface area (Å²) in [5.41, 5.74) is 2.02. The molecule has 2 aliphatic rings. The molecule has 0 bridgehead atoms. The summed E-state index contributed by atoms with van der Waals surface area (Å²) in [6, 6.07) is 15.7. The lowest BCUT2D eigenvalue weighted by Gasteiger charge is -2.37. The summed E-state index contributed by atoms with van der Waals surface area (Å²) in [4.78, 5) is 29.0. The average Bonchev–Trinajstić information content (AvgIpc) is 3.48. The fourth-order valence-corrected chi connectivity index (χ4v) is 4.37. The largest absolute Gasteiger partial charge is 0.368 e. The number of hydrogen-bond acceptors (Lipinski definition) is 5. The zero-order valence-corrected chi connectivity index (χ0v) is 17.9. The van der Waals surface area contributed by atoms with Crippen molar-refractivity contribution in [2.75, 3.05) is 31.1 Å². The van der Waals surface area contributed by atoms with Crippen LogP contribution in [0.25, 0.3) is 11.3 Å². The number of nitrogens with zero attached hydrogens (tertiary/aromatic N) is 3. The van der Waals surface area contributed by atoms with Crippen LogP contribution < -0.4 is 4.90 Å². The SMILES string of the molecule is CC(=O)c1ccc(N2CCN(C(=O)C3(c4cc(-c5ccccc5F)on4)CC3)CC2)cc1. The third-order valence-corrected chi connectivity index (χ3v) is 6.51. The molecule has 6 nitrogen and oxygen atoms in total. The summed E-state index contributed by atoms with van der Waals surface area (Å²) in [6.45, 7) is 4.24. The highest BCUT2D eigenvalue weighted by atomic mass is 19.1. The first kappa shape index (κ1) is 20.4. The molecule has 5 rings (SSSR count). The minimum Gasteiger partial charge on any atom is -0.368 e. The Labute approximate surface area is 185 Å². The van der Waals surface area contributed by atoms with Gasteiger partial charge in [0.25, 0.3) is 0 Å². The summed E-state index contributed by atoms with van der Waals surface area (Å²) in [6.07, 6.45) is 1.45. The van der Waals surface area contributed by atoms with E-state index in [4.69, 9.17) is 4.52 Å². The number of rotatable bonds is 5. The summed E-state index contributed by atoms with van der Waals surface area (Å²) in [5, 5.41) is 4.14. The molecule has 2 aromatic carbocycles. The number of halogens is 1. The van der Waals surface area contributed by atoms with Gasteiger partial charge < -0.3 is 14.3 Å².